The van der Waals surface area contributed by atoms with Gasteiger partial charge in [0.15, 0.2) is 11.5 Å². The predicted molar refractivity (Wildman–Crippen MR) is 81.9 cm³/mol. The van der Waals surface area contributed by atoms with E-state index in [4.69, 9.17) is 21.1 Å². The number of benzene rings is 2. The van der Waals surface area contributed by atoms with E-state index in [0.29, 0.717) is 22.3 Å². The van der Waals surface area contributed by atoms with Gasteiger partial charge in [-0.2, -0.15) is 0 Å². The van der Waals surface area contributed by atoms with Crippen LogP contribution in [0.5, 0.6) is 17.2 Å². The van der Waals surface area contributed by atoms with Crippen LogP contribution in [0, 0.1) is 6.92 Å². The molecule has 2 aromatic carbocycles. The molecule has 0 fully saturated rings. The topological polar surface area (TPSA) is 18.5 Å². The van der Waals surface area contributed by atoms with Crippen LogP contribution < -0.4 is 9.47 Å². The fourth-order valence-corrected chi connectivity index (χ4v) is 2.57. The Bertz CT molecular complexity index is 584. The molecule has 0 aliphatic rings. The molecule has 19 heavy (non-hydrogen) atoms. The average Bonchev–Trinajstić information content (AvgIpc) is 2.41. The van der Waals surface area contributed by atoms with E-state index < -0.39 is 0 Å². The van der Waals surface area contributed by atoms with E-state index in [1.165, 1.54) is 0 Å². The van der Waals surface area contributed by atoms with E-state index in [2.05, 4.69) is 15.9 Å². The Balaban J connectivity index is 2.28. The molecular weight excluding hydrogens is 328 g/mol. The quantitative estimate of drug-likeness (QED) is 0.698. The highest BCUT2D eigenvalue weighted by Crippen LogP contribution is 2.34. The van der Waals surface area contributed by atoms with Crippen LogP contribution in [-0.2, 0) is 5.33 Å². The molecule has 2 rings (SSSR count). The third-order valence-corrected chi connectivity index (χ3v) is 3.67. The zero-order chi connectivity index (χ0) is 13.8. The van der Waals surface area contributed by atoms with Crippen molar-refractivity contribution in [2.24, 2.45) is 0 Å². The summed E-state index contributed by atoms with van der Waals surface area (Å²) >= 11 is 9.54. The number of hydrogen-bond donors (Lipinski definition) is 0. The summed E-state index contributed by atoms with van der Waals surface area (Å²) in [5.74, 6) is 2.08. The lowest BCUT2D eigenvalue weighted by molar-refractivity contribution is 0.378. The van der Waals surface area contributed by atoms with Crippen LogP contribution in [0.1, 0.15) is 11.1 Å². The van der Waals surface area contributed by atoms with Gasteiger partial charge >= 0.3 is 0 Å². The first-order valence-electron chi connectivity index (χ1n) is 5.81. The van der Waals surface area contributed by atoms with E-state index in [0.717, 1.165) is 16.5 Å². The summed E-state index contributed by atoms with van der Waals surface area (Å²) in [7, 11) is 1.63. The molecule has 0 aliphatic carbocycles. The van der Waals surface area contributed by atoms with Gasteiger partial charge in [0, 0.05) is 10.4 Å². The number of rotatable bonds is 4. The van der Waals surface area contributed by atoms with Gasteiger partial charge in [0.05, 0.1) is 7.11 Å². The number of methoxy groups -OCH3 is 1. The van der Waals surface area contributed by atoms with E-state index in [1.54, 1.807) is 13.2 Å². The standard InChI is InChI=1S/C15H14BrClO2/c1-10-3-6-14(15(7-10)18-2)19-12-5-4-11(9-16)13(17)8-12/h3-8H,9H2,1-2H3. The maximum absolute atomic E-state index is 6.15. The molecular formula is C15H14BrClO2. The molecule has 0 amide bonds. The first-order chi connectivity index (χ1) is 9.13. The van der Waals surface area contributed by atoms with Gasteiger partial charge in [-0.05, 0) is 42.3 Å². The summed E-state index contributed by atoms with van der Waals surface area (Å²) in [6.45, 7) is 2.01. The van der Waals surface area contributed by atoms with E-state index in [-0.39, 0.29) is 0 Å². The lowest BCUT2D eigenvalue weighted by atomic mass is 10.2. The van der Waals surface area contributed by atoms with Crippen LogP contribution in [0.25, 0.3) is 0 Å². The van der Waals surface area contributed by atoms with Crippen LogP contribution in [0.2, 0.25) is 5.02 Å². The van der Waals surface area contributed by atoms with Gasteiger partial charge < -0.3 is 9.47 Å². The summed E-state index contributed by atoms with van der Waals surface area (Å²) in [6, 6.07) is 11.4. The summed E-state index contributed by atoms with van der Waals surface area (Å²) in [6.07, 6.45) is 0. The zero-order valence-electron chi connectivity index (χ0n) is 10.7. The number of aryl methyl sites for hydroxylation is 1. The minimum absolute atomic E-state index is 0.677. The van der Waals surface area contributed by atoms with Gasteiger partial charge in [-0.25, -0.2) is 0 Å². The zero-order valence-corrected chi connectivity index (χ0v) is 13.1. The van der Waals surface area contributed by atoms with Crippen molar-refractivity contribution in [1.29, 1.82) is 0 Å². The van der Waals surface area contributed by atoms with Crippen molar-refractivity contribution in [2.45, 2.75) is 12.3 Å². The van der Waals surface area contributed by atoms with Crippen LogP contribution in [-0.4, -0.2) is 7.11 Å². The second-order valence-electron chi connectivity index (χ2n) is 4.14. The highest BCUT2D eigenvalue weighted by molar-refractivity contribution is 9.08. The average molecular weight is 342 g/mol. The molecule has 100 valence electrons. The monoisotopic (exact) mass is 340 g/mol. The molecule has 4 heteroatoms. The van der Waals surface area contributed by atoms with Gasteiger partial charge in [0.1, 0.15) is 5.75 Å². The molecule has 0 saturated carbocycles. The summed E-state index contributed by atoms with van der Waals surface area (Å²) in [5, 5.41) is 1.40. The van der Waals surface area contributed by atoms with E-state index in [1.807, 2.05) is 37.3 Å². The number of halogens is 2. The Hall–Kier alpha value is -1.19. The fraction of sp³-hybridized carbons (Fsp3) is 0.200. The van der Waals surface area contributed by atoms with Crippen LogP contribution in [0.3, 0.4) is 0 Å². The molecule has 2 nitrogen and oxygen atoms in total. The van der Waals surface area contributed by atoms with Crippen molar-refractivity contribution in [3.8, 4) is 17.2 Å². The predicted octanol–water partition coefficient (Wildman–Crippen LogP) is 5.34. The summed E-state index contributed by atoms with van der Waals surface area (Å²) in [5.41, 5.74) is 2.15. The molecule has 0 atom stereocenters. The molecule has 0 spiro atoms. The van der Waals surface area contributed by atoms with Crippen LogP contribution in [0.4, 0.5) is 0 Å². The van der Waals surface area contributed by atoms with Crippen LogP contribution >= 0.6 is 27.5 Å². The Morgan fingerprint density at radius 1 is 1.11 bits per heavy atom. The lowest BCUT2D eigenvalue weighted by Gasteiger charge is -2.11. The maximum Gasteiger partial charge on any atom is 0.169 e. The fourth-order valence-electron chi connectivity index (χ4n) is 1.69. The molecule has 0 heterocycles. The van der Waals surface area contributed by atoms with Crippen molar-refractivity contribution in [1.82, 2.24) is 0 Å². The molecule has 0 radical (unpaired) electrons. The number of hydrogen-bond acceptors (Lipinski definition) is 2. The summed E-state index contributed by atoms with van der Waals surface area (Å²) < 4.78 is 11.1. The minimum atomic E-state index is 0.677. The Morgan fingerprint density at radius 3 is 2.53 bits per heavy atom. The normalized spacial score (nSPS) is 10.3. The van der Waals surface area contributed by atoms with Crippen molar-refractivity contribution >= 4 is 27.5 Å². The third-order valence-electron chi connectivity index (χ3n) is 2.72. The summed E-state index contributed by atoms with van der Waals surface area (Å²) in [4.78, 5) is 0. The second-order valence-corrected chi connectivity index (χ2v) is 5.11. The van der Waals surface area contributed by atoms with Gasteiger partial charge in [0.25, 0.3) is 0 Å². The van der Waals surface area contributed by atoms with Crippen molar-refractivity contribution in [2.75, 3.05) is 7.11 Å². The highest BCUT2D eigenvalue weighted by Gasteiger charge is 2.07. The first-order valence-corrected chi connectivity index (χ1v) is 7.31. The molecule has 0 aromatic heterocycles. The molecule has 0 unspecified atom stereocenters. The molecule has 2 aromatic rings. The van der Waals surface area contributed by atoms with Gasteiger partial charge in [-0.3, -0.25) is 0 Å². The smallest absolute Gasteiger partial charge is 0.169 e. The highest BCUT2D eigenvalue weighted by atomic mass is 79.9. The van der Waals surface area contributed by atoms with Crippen molar-refractivity contribution < 1.29 is 9.47 Å². The molecule has 0 bridgehead atoms. The number of ether oxygens (including phenoxy) is 2. The largest absolute Gasteiger partial charge is 0.493 e. The molecule has 0 N–H and O–H groups in total. The van der Waals surface area contributed by atoms with Crippen LogP contribution in [0.15, 0.2) is 36.4 Å². The van der Waals surface area contributed by atoms with Gasteiger partial charge in [-0.1, -0.05) is 39.7 Å². The Kier molecular flexibility index (Phi) is 4.72. The maximum atomic E-state index is 6.15. The van der Waals surface area contributed by atoms with Crippen molar-refractivity contribution in [3.05, 3.63) is 52.5 Å². The van der Waals surface area contributed by atoms with Crippen molar-refractivity contribution in [3.63, 3.8) is 0 Å². The van der Waals surface area contributed by atoms with Gasteiger partial charge in [-0.15, -0.1) is 0 Å². The Labute approximate surface area is 126 Å². The van der Waals surface area contributed by atoms with E-state index >= 15 is 0 Å². The van der Waals surface area contributed by atoms with Gasteiger partial charge in [0.2, 0.25) is 0 Å². The SMILES string of the molecule is COc1cc(C)ccc1Oc1ccc(CBr)c(Cl)c1. The first kappa shape index (κ1) is 14.2. The lowest BCUT2D eigenvalue weighted by Crippen LogP contribution is -1.91. The van der Waals surface area contributed by atoms with E-state index in [9.17, 15) is 0 Å². The third kappa shape index (κ3) is 3.43. The second kappa shape index (κ2) is 6.31. The molecule has 0 aliphatic heterocycles. The molecule has 0 saturated heterocycles. The number of alkyl halides is 1. The minimum Gasteiger partial charge on any atom is -0.493 e. The Morgan fingerprint density at radius 2 is 1.89 bits per heavy atom.